The van der Waals surface area contributed by atoms with Crippen molar-refractivity contribution in [1.29, 1.82) is 0 Å². The Kier molecular flexibility index (Phi) is 7.19. The van der Waals surface area contributed by atoms with Gasteiger partial charge in [-0.1, -0.05) is 53.2 Å². The number of halogens is 2. The van der Waals surface area contributed by atoms with Crippen LogP contribution in [0.5, 0.6) is 5.75 Å². The zero-order chi connectivity index (χ0) is 19.9. The molecule has 1 atom stereocenters. The standard InChI is InChI=1S/C19H17Cl2N3O3S/c1-12(15-4-2-3-5-16(15)21)22-17(25)11-28-19-24-23-18(27-19)10-26-14-8-6-13(20)7-9-14/h2-9,12H,10-11H2,1H3,(H,22,25). The van der Waals surface area contributed by atoms with Crippen LogP contribution in [0.3, 0.4) is 0 Å². The number of hydrogen-bond donors (Lipinski definition) is 1. The van der Waals surface area contributed by atoms with Crippen molar-refractivity contribution in [3.05, 3.63) is 70.0 Å². The highest BCUT2D eigenvalue weighted by molar-refractivity contribution is 7.99. The average molecular weight is 438 g/mol. The van der Waals surface area contributed by atoms with Gasteiger partial charge in [-0.05, 0) is 42.8 Å². The van der Waals surface area contributed by atoms with Crippen molar-refractivity contribution in [2.45, 2.75) is 24.8 Å². The number of carbonyl (C=O) groups is 1. The lowest BCUT2D eigenvalue weighted by Crippen LogP contribution is -2.28. The Hall–Kier alpha value is -2.22. The van der Waals surface area contributed by atoms with E-state index in [1.54, 1.807) is 30.3 Å². The van der Waals surface area contributed by atoms with Crippen LogP contribution in [0.2, 0.25) is 10.0 Å². The number of nitrogens with zero attached hydrogens (tertiary/aromatic N) is 2. The number of thioether (sulfide) groups is 1. The van der Waals surface area contributed by atoms with Gasteiger partial charge in [-0.2, -0.15) is 0 Å². The molecular weight excluding hydrogens is 421 g/mol. The van der Waals surface area contributed by atoms with E-state index in [1.165, 1.54) is 0 Å². The summed E-state index contributed by atoms with van der Waals surface area (Å²) in [6.45, 7) is 2.01. The Morgan fingerprint density at radius 1 is 1.18 bits per heavy atom. The molecule has 1 N–H and O–H groups in total. The largest absolute Gasteiger partial charge is 0.484 e. The SMILES string of the molecule is CC(NC(=O)CSc1nnc(COc2ccc(Cl)cc2)o1)c1ccccc1Cl. The van der Waals surface area contributed by atoms with E-state index >= 15 is 0 Å². The molecular formula is C19H17Cl2N3O3S. The van der Waals surface area contributed by atoms with Crippen molar-refractivity contribution in [2.24, 2.45) is 0 Å². The molecule has 0 saturated heterocycles. The van der Waals surface area contributed by atoms with Crippen LogP contribution in [0.1, 0.15) is 24.4 Å². The van der Waals surface area contributed by atoms with E-state index in [-0.39, 0.29) is 24.3 Å². The van der Waals surface area contributed by atoms with Gasteiger partial charge < -0.3 is 14.5 Å². The lowest BCUT2D eigenvalue weighted by atomic mass is 10.1. The molecule has 6 nitrogen and oxygen atoms in total. The van der Waals surface area contributed by atoms with Crippen LogP contribution in [0.4, 0.5) is 0 Å². The Balaban J connectivity index is 1.45. The molecule has 0 aliphatic carbocycles. The third kappa shape index (κ3) is 5.89. The van der Waals surface area contributed by atoms with Gasteiger partial charge in [0.1, 0.15) is 5.75 Å². The van der Waals surface area contributed by atoms with E-state index in [0.717, 1.165) is 17.3 Å². The fraction of sp³-hybridized carbons (Fsp3) is 0.211. The number of rotatable bonds is 8. The first-order chi connectivity index (χ1) is 13.5. The number of hydrogen-bond acceptors (Lipinski definition) is 6. The van der Waals surface area contributed by atoms with Crippen LogP contribution in [0.25, 0.3) is 0 Å². The van der Waals surface area contributed by atoms with Gasteiger partial charge in [-0.3, -0.25) is 4.79 Å². The third-order valence-corrected chi connectivity index (χ3v) is 5.11. The van der Waals surface area contributed by atoms with Gasteiger partial charge in [0, 0.05) is 10.0 Å². The maximum atomic E-state index is 12.2. The average Bonchev–Trinajstić information content (AvgIpc) is 3.14. The number of ether oxygens (including phenoxy) is 1. The van der Waals surface area contributed by atoms with E-state index in [0.29, 0.717) is 26.9 Å². The molecule has 1 amide bonds. The first kappa shape index (κ1) is 20.5. The van der Waals surface area contributed by atoms with Gasteiger partial charge in [-0.15, -0.1) is 10.2 Å². The van der Waals surface area contributed by atoms with Crippen LogP contribution in [-0.4, -0.2) is 21.9 Å². The van der Waals surface area contributed by atoms with E-state index < -0.39 is 0 Å². The van der Waals surface area contributed by atoms with Crippen molar-refractivity contribution >= 4 is 40.9 Å². The summed E-state index contributed by atoms with van der Waals surface area (Å²) in [7, 11) is 0. The van der Waals surface area contributed by atoms with Gasteiger partial charge >= 0.3 is 0 Å². The molecule has 0 saturated carbocycles. The summed E-state index contributed by atoms with van der Waals surface area (Å²) in [4.78, 5) is 12.2. The molecule has 1 aromatic heterocycles. The van der Waals surface area contributed by atoms with Gasteiger partial charge in [0.25, 0.3) is 11.1 Å². The van der Waals surface area contributed by atoms with Gasteiger partial charge in [0.05, 0.1) is 11.8 Å². The van der Waals surface area contributed by atoms with E-state index in [9.17, 15) is 4.79 Å². The highest BCUT2D eigenvalue weighted by atomic mass is 35.5. The smallest absolute Gasteiger partial charge is 0.277 e. The van der Waals surface area contributed by atoms with Gasteiger partial charge in [-0.25, -0.2) is 0 Å². The summed E-state index contributed by atoms with van der Waals surface area (Å²) in [5.41, 5.74) is 0.863. The lowest BCUT2D eigenvalue weighted by Gasteiger charge is -2.15. The van der Waals surface area contributed by atoms with Gasteiger partial charge in [0.2, 0.25) is 5.91 Å². The van der Waals surface area contributed by atoms with E-state index in [2.05, 4.69) is 15.5 Å². The molecule has 0 spiro atoms. The predicted molar refractivity (Wildman–Crippen MR) is 109 cm³/mol. The molecule has 0 aliphatic rings. The molecule has 0 fully saturated rings. The highest BCUT2D eigenvalue weighted by Crippen LogP contribution is 2.23. The molecule has 1 unspecified atom stereocenters. The molecule has 2 aromatic carbocycles. The predicted octanol–water partition coefficient (Wildman–Crippen LogP) is 4.92. The molecule has 3 rings (SSSR count). The molecule has 0 bridgehead atoms. The van der Waals surface area contributed by atoms with Crippen LogP contribution >= 0.6 is 35.0 Å². The van der Waals surface area contributed by atoms with Crippen LogP contribution < -0.4 is 10.1 Å². The second kappa shape index (κ2) is 9.82. The molecule has 9 heteroatoms. The number of nitrogens with one attached hydrogen (secondary N) is 1. The summed E-state index contributed by atoms with van der Waals surface area (Å²) in [5.74, 6) is 0.954. The lowest BCUT2D eigenvalue weighted by molar-refractivity contribution is -0.119. The number of benzene rings is 2. The zero-order valence-corrected chi connectivity index (χ0v) is 17.2. The van der Waals surface area contributed by atoms with Crippen LogP contribution in [-0.2, 0) is 11.4 Å². The van der Waals surface area contributed by atoms with Crippen molar-refractivity contribution < 1.29 is 13.9 Å². The highest BCUT2D eigenvalue weighted by Gasteiger charge is 2.14. The third-order valence-electron chi connectivity index (χ3n) is 3.70. The summed E-state index contributed by atoms with van der Waals surface area (Å²) in [6, 6.07) is 14.2. The minimum atomic E-state index is -0.201. The van der Waals surface area contributed by atoms with Crippen molar-refractivity contribution in [3.63, 3.8) is 0 Å². The second-order valence-electron chi connectivity index (χ2n) is 5.80. The van der Waals surface area contributed by atoms with E-state index in [1.807, 2.05) is 25.1 Å². The van der Waals surface area contributed by atoms with Crippen LogP contribution in [0, 0.1) is 0 Å². The zero-order valence-electron chi connectivity index (χ0n) is 14.9. The normalized spacial score (nSPS) is 11.8. The minimum Gasteiger partial charge on any atom is -0.484 e. The Bertz CT molecular complexity index is 934. The quantitative estimate of drug-likeness (QED) is 0.503. The number of amides is 1. The van der Waals surface area contributed by atoms with Crippen molar-refractivity contribution in [2.75, 3.05) is 5.75 Å². The Labute approximate surface area is 176 Å². The fourth-order valence-electron chi connectivity index (χ4n) is 2.35. The summed E-state index contributed by atoms with van der Waals surface area (Å²) in [5, 5.41) is 12.3. The second-order valence-corrected chi connectivity index (χ2v) is 7.57. The van der Waals surface area contributed by atoms with E-state index in [4.69, 9.17) is 32.4 Å². The topological polar surface area (TPSA) is 77.2 Å². The summed E-state index contributed by atoms with van der Waals surface area (Å²) < 4.78 is 11.0. The van der Waals surface area contributed by atoms with Crippen LogP contribution in [0.15, 0.2) is 58.2 Å². The maximum absolute atomic E-state index is 12.2. The van der Waals surface area contributed by atoms with Crippen molar-refractivity contribution in [1.82, 2.24) is 15.5 Å². The summed E-state index contributed by atoms with van der Waals surface area (Å²) >= 11 is 13.1. The molecule has 28 heavy (non-hydrogen) atoms. The van der Waals surface area contributed by atoms with Gasteiger partial charge in [0.15, 0.2) is 6.61 Å². The molecule has 1 heterocycles. The molecule has 0 radical (unpaired) electrons. The Morgan fingerprint density at radius 3 is 2.68 bits per heavy atom. The minimum absolute atomic E-state index is 0.130. The maximum Gasteiger partial charge on any atom is 0.277 e. The molecule has 0 aliphatic heterocycles. The Morgan fingerprint density at radius 2 is 1.93 bits per heavy atom. The summed E-state index contributed by atoms with van der Waals surface area (Å²) in [6.07, 6.45) is 0. The van der Waals surface area contributed by atoms with Crippen molar-refractivity contribution in [3.8, 4) is 5.75 Å². The number of carbonyl (C=O) groups excluding carboxylic acids is 1. The molecule has 3 aromatic rings. The monoisotopic (exact) mass is 437 g/mol. The first-order valence-electron chi connectivity index (χ1n) is 8.38. The fourth-order valence-corrected chi connectivity index (χ4v) is 3.36. The number of aromatic nitrogens is 2. The molecule has 146 valence electrons. The first-order valence-corrected chi connectivity index (χ1v) is 10.1.